The summed E-state index contributed by atoms with van der Waals surface area (Å²) in [5, 5.41) is 3.23. The quantitative estimate of drug-likeness (QED) is 0.808. The molecular formula is C12H11BrN4O. The zero-order valence-electron chi connectivity index (χ0n) is 9.72. The van der Waals surface area contributed by atoms with Gasteiger partial charge in [-0.15, -0.1) is 0 Å². The number of halogens is 1. The number of fused-ring (bicyclic) bond motifs is 1. The molecule has 0 aliphatic heterocycles. The number of hydrogen-bond donors (Lipinski definition) is 1. The number of rotatable bonds is 3. The van der Waals surface area contributed by atoms with Crippen molar-refractivity contribution in [1.82, 2.24) is 14.4 Å². The van der Waals surface area contributed by atoms with E-state index in [0.717, 1.165) is 27.6 Å². The minimum atomic E-state index is 0.583. The van der Waals surface area contributed by atoms with Crippen molar-refractivity contribution in [1.29, 1.82) is 0 Å². The van der Waals surface area contributed by atoms with Crippen LogP contribution in [0.1, 0.15) is 11.5 Å². The van der Waals surface area contributed by atoms with E-state index in [1.54, 1.807) is 6.20 Å². The molecule has 0 aliphatic carbocycles. The molecule has 0 atom stereocenters. The molecule has 18 heavy (non-hydrogen) atoms. The van der Waals surface area contributed by atoms with Crippen LogP contribution >= 0.6 is 15.9 Å². The summed E-state index contributed by atoms with van der Waals surface area (Å²) >= 11 is 3.38. The minimum Gasteiger partial charge on any atom is -0.465 e. The first-order chi connectivity index (χ1) is 8.72. The highest BCUT2D eigenvalue weighted by Gasteiger charge is 2.07. The van der Waals surface area contributed by atoms with E-state index >= 15 is 0 Å². The predicted molar refractivity (Wildman–Crippen MR) is 71.5 cm³/mol. The molecule has 0 aliphatic rings. The van der Waals surface area contributed by atoms with Crippen LogP contribution in [0.5, 0.6) is 0 Å². The molecule has 3 aromatic heterocycles. The summed E-state index contributed by atoms with van der Waals surface area (Å²) in [6, 6.07) is 3.89. The van der Waals surface area contributed by atoms with Crippen LogP contribution in [-0.4, -0.2) is 14.4 Å². The van der Waals surface area contributed by atoms with E-state index in [1.165, 1.54) is 0 Å². The average Bonchev–Trinajstić information content (AvgIpc) is 2.94. The molecule has 0 aromatic carbocycles. The molecule has 0 spiro atoms. The lowest BCUT2D eigenvalue weighted by Crippen LogP contribution is -2.03. The molecule has 1 N–H and O–H groups in total. The summed E-state index contributed by atoms with van der Waals surface area (Å²) < 4.78 is 8.16. The number of furan rings is 1. The smallest absolute Gasteiger partial charge is 0.180 e. The maximum Gasteiger partial charge on any atom is 0.180 e. The zero-order chi connectivity index (χ0) is 12.5. The Morgan fingerprint density at radius 1 is 1.44 bits per heavy atom. The first kappa shape index (κ1) is 11.3. The Labute approximate surface area is 112 Å². The molecule has 3 aromatic rings. The molecular weight excluding hydrogens is 296 g/mol. The van der Waals surface area contributed by atoms with Gasteiger partial charge in [-0.2, -0.15) is 0 Å². The van der Waals surface area contributed by atoms with Gasteiger partial charge in [0.25, 0.3) is 0 Å². The first-order valence-electron chi connectivity index (χ1n) is 5.51. The van der Waals surface area contributed by atoms with Crippen LogP contribution in [0, 0.1) is 6.92 Å². The highest BCUT2D eigenvalue weighted by atomic mass is 79.9. The van der Waals surface area contributed by atoms with Crippen molar-refractivity contribution >= 4 is 27.4 Å². The van der Waals surface area contributed by atoms with Crippen LogP contribution in [0.3, 0.4) is 0 Å². The Bertz CT molecular complexity index is 688. The Hall–Kier alpha value is -1.82. The lowest BCUT2D eigenvalue weighted by molar-refractivity contribution is 0.490. The van der Waals surface area contributed by atoms with E-state index < -0.39 is 0 Å². The Kier molecular flexibility index (Phi) is 2.79. The maximum atomic E-state index is 5.50. The summed E-state index contributed by atoms with van der Waals surface area (Å²) in [6.07, 6.45) is 5.49. The number of imidazole rings is 1. The van der Waals surface area contributed by atoms with E-state index in [4.69, 9.17) is 4.42 Å². The fraction of sp³-hybridized carbons (Fsp3) is 0.167. The summed E-state index contributed by atoms with van der Waals surface area (Å²) in [7, 11) is 0. The van der Waals surface area contributed by atoms with E-state index in [1.807, 2.05) is 35.9 Å². The van der Waals surface area contributed by atoms with Crippen LogP contribution in [0.25, 0.3) is 5.65 Å². The van der Waals surface area contributed by atoms with Crippen LogP contribution in [0.4, 0.5) is 5.82 Å². The normalized spacial score (nSPS) is 11.0. The van der Waals surface area contributed by atoms with Gasteiger partial charge in [-0.1, -0.05) is 0 Å². The Morgan fingerprint density at radius 2 is 2.33 bits per heavy atom. The second-order valence-corrected chi connectivity index (χ2v) is 4.75. The molecule has 0 unspecified atom stereocenters. The third kappa shape index (κ3) is 2.11. The third-order valence-corrected chi connectivity index (χ3v) is 2.95. The number of nitrogens with one attached hydrogen (secondary N) is 1. The fourth-order valence-corrected chi connectivity index (χ4v) is 2.17. The SMILES string of the molecule is Cc1ccc(CNc2nc(Br)cn3ccnc23)o1. The molecule has 5 nitrogen and oxygen atoms in total. The molecule has 6 heteroatoms. The number of anilines is 1. The van der Waals surface area contributed by atoms with Crippen molar-refractivity contribution < 1.29 is 4.42 Å². The molecule has 3 rings (SSSR count). The van der Waals surface area contributed by atoms with Crippen molar-refractivity contribution in [3.63, 3.8) is 0 Å². The van der Waals surface area contributed by atoms with Crippen molar-refractivity contribution in [3.8, 4) is 0 Å². The Balaban J connectivity index is 1.87. The van der Waals surface area contributed by atoms with Gasteiger partial charge in [0, 0.05) is 18.6 Å². The second-order valence-electron chi connectivity index (χ2n) is 3.94. The van der Waals surface area contributed by atoms with Crippen LogP contribution in [0.2, 0.25) is 0 Å². The average molecular weight is 307 g/mol. The summed E-state index contributed by atoms with van der Waals surface area (Å²) in [5.74, 6) is 2.50. The maximum absolute atomic E-state index is 5.50. The number of aromatic nitrogens is 3. The summed E-state index contributed by atoms with van der Waals surface area (Å²) in [5.41, 5.74) is 0.793. The number of aryl methyl sites for hydroxylation is 1. The van der Waals surface area contributed by atoms with Gasteiger partial charge < -0.3 is 14.1 Å². The minimum absolute atomic E-state index is 0.583. The van der Waals surface area contributed by atoms with Gasteiger partial charge in [0.2, 0.25) is 0 Å². The fourth-order valence-electron chi connectivity index (χ4n) is 1.77. The van der Waals surface area contributed by atoms with Gasteiger partial charge in [0.1, 0.15) is 16.1 Å². The Morgan fingerprint density at radius 3 is 3.11 bits per heavy atom. The molecule has 92 valence electrons. The van der Waals surface area contributed by atoms with Crippen molar-refractivity contribution in [2.45, 2.75) is 13.5 Å². The van der Waals surface area contributed by atoms with Crippen LogP contribution < -0.4 is 5.32 Å². The first-order valence-corrected chi connectivity index (χ1v) is 6.30. The van der Waals surface area contributed by atoms with Crippen molar-refractivity contribution in [2.24, 2.45) is 0 Å². The van der Waals surface area contributed by atoms with Gasteiger partial charge in [-0.25, -0.2) is 9.97 Å². The molecule has 3 heterocycles. The summed E-state index contributed by atoms with van der Waals surface area (Å²) in [4.78, 5) is 8.64. The van der Waals surface area contributed by atoms with E-state index in [9.17, 15) is 0 Å². The largest absolute Gasteiger partial charge is 0.465 e. The van der Waals surface area contributed by atoms with E-state index in [-0.39, 0.29) is 0 Å². The van der Waals surface area contributed by atoms with Crippen LogP contribution in [-0.2, 0) is 6.54 Å². The lowest BCUT2D eigenvalue weighted by Gasteiger charge is -2.06. The molecule has 0 saturated heterocycles. The zero-order valence-corrected chi connectivity index (χ0v) is 11.3. The van der Waals surface area contributed by atoms with E-state index in [0.29, 0.717) is 6.54 Å². The van der Waals surface area contributed by atoms with Gasteiger partial charge in [0.15, 0.2) is 11.5 Å². The molecule has 0 radical (unpaired) electrons. The molecule has 0 amide bonds. The van der Waals surface area contributed by atoms with Crippen molar-refractivity contribution in [2.75, 3.05) is 5.32 Å². The molecule has 0 fully saturated rings. The lowest BCUT2D eigenvalue weighted by atomic mass is 10.4. The van der Waals surface area contributed by atoms with E-state index in [2.05, 4.69) is 31.2 Å². The monoisotopic (exact) mass is 306 g/mol. The van der Waals surface area contributed by atoms with Gasteiger partial charge >= 0.3 is 0 Å². The van der Waals surface area contributed by atoms with Gasteiger partial charge in [0.05, 0.1) is 6.54 Å². The molecule has 0 bridgehead atoms. The number of nitrogens with zero attached hydrogens (tertiary/aromatic N) is 3. The standard InChI is InChI=1S/C12H11BrN4O/c1-8-2-3-9(18-8)6-15-11-12-14-4-5-17(12)7-10(13)16-11/h2-5,7H,6H2,1H3,(H,15,16). The highest BCUT2D eigenvalue weighted by molar-refractivity contribution is 9.10. The second kappa shape index (κ2) is 4.45. The summed E-state index contributed by atoms with van der Waals surface area (Å²) in [6.45, 7) is 2.51. The predicted octanol–water partition coefficient (Wildman–Crippen LogP) is 3.01. The van der Waals surface area contributed by atoms with Gasteiger partial charge in [-0.3, -0.25) is 0 Å². The third-order valence-electron chi connectivity index (χ3n) is 2.57. The highest BCUT2D eigenvalue weighted by Crippen LogP contribution is 2.18. The molecule has 0 saturated carbocycles. The topological polar surface area (TPSA) is 55.4 Å². The number of hydrogen-bond acceptors (Lipinski definition) is 4. The van der Waals surface area contributed by atoms with Crippen molar-refractivity contribution in [3.05, 3.63) is 46.8 Å². The van der Waals surface area contributed by atoms with Gasteiger partial charge in [-0.05, 0) is 35.0 Å². The van der Waals surface area contributed by atoms with Crippen LogP contribution in [0.15, 0.2) is 39.7 Å².